The van der Waals surface area contributed by atoms with E-state index >= 15 is 0 Å². The molecule has 33 heavy (non-hydrogen) atoms. The molecule has 0 aliphatic carbocycles. The Morgan fingerprint density at radius 3 is 2.48 bits per heavy atom. The molecule has 2 rings (SSSR count). The average Bonchev–Trinajstić information content (AvgIpc) is 2.75. The Morgan fingerprint density at radius 1 is 1.06 bits per heavy atom. The third kappa shape index (κ3) is 8.46. The van der Waals surface area contributed by atoms with Crippen molar-refractivity contribution in [3.05, 3.63) is 52.5 Å². The van der Waals surface area contributed by atoms with Gasteiger partial charge in [0.15, 0.2) is 18.1 Å². The van der Waals surface area contributed by atoms with Gasteiger partial charge in [-0.25, -0.2) is 5.43 Å². The average molecular weight is 475 g/mol. The summed E-state index contributed by atoms with van der Waals surface area (Å²) in [5.41, 5.74) is 4.23. The molecule has 0 aromatic heterocycles. The van der Waals surface area contributed by atoms with E-state index in [0.717, 1.165) is 5.56 Å². The van der Waals surface area contributed by atoms with Gasteiger partial charge >= 0.3 is 11.8 Å². The Morgan fingerprint density at radius 2 is 1.82 bits per heavy atom. The van der Waals surface area contributed by atoms with Gasteiger partial charge in [0.25, 0.3) is 5.91 Å². The van der Waals surface area contributed by atoms with Crippen molar-refractivity contribution in [1.82, 2.24) is 10.7 Å². The lowest BCUT2D eigenvalue weighted by atomic mass is 10.2. The van der Waals surface area contributed by atoms with Crippen molar-refractivity contribution in [2.45, 2.75) is 33.7 Å². The molecular formula is C23H27ClN4O5. The van der Waals surface area contributed by atoms with Crippen molar-refractivity contribution in [3.8, 4) is 11.5 Å². The van der Waals surface area contributed by atoms with E-state index in [1.54, 1.807) is 44.2 Å². The fourth-order valence-electron chi connectivity index (χ4n) is 2.55. The fraction of sp³-hybridized carbons (Fsp3) is 0.304. The molecule has 10 heteroatoms. The summed E-state index contributed by atoms with van der Waals surface area (Å²) in [6.45, 7) is 7.31. The first-order chi connectivity index (χ1) is 15.7. The first-order valence-corrected chi connectivity index (χ1v) is 10.7. The first kappa shape index (κ1) is 25.7. The molecule has 3 N–H and O–H groups in total. The molecule has 2 aromatic rings. The van der Waals surface area contributed by atoms with Crippen LogP contribution in [0, 0.1) is 6.92 Å². The molecule has 0 heterocycles. The monoisotopic (exact) mass is 474 g/mol. The smallest absolute Gasteiger partial charge is 0.329 e. The van der Waals surface area contributed by atoms with Gasteiger partial charge in [0.1, 0.15) is 0 Å². The molecular weight excluding hydrogens is 448 g/mol. The standard InChI is InChI=1S/C23H27ClN4O5/c1-5-32-20-10-16(12-25-28-23(31)22(30)26-14(2)3)7-9-19(20)33-13-21(29)27-17-8-6-15(4)18(24)11-17/h6-12,14H,5,13H2,1-4H3,(H,26,30)(H,27,29)(H,28,31)/b25-12-. The van der Waals surface area contributed by atoms with E-state index in [1.807, 2.05) is 19.9 Å². The number of halogens is 1. The predicted molar refractivity (Wildman–Crippen MR) is 127 cm³/mol. The van der Waals surface area contributed by atoms with Crippen molar-refractivity contribution >= 4 is 41.2 Å². The van der Waals surface area contributed by atoms with E-state index < -0.39 is 11.8 Å². The van der Waals surface area contributed by atoms with E-state index in [2.05, 4.69) is 21.2 Å². The molecule has 3 amide bonds. The van der Waals surface area contributed by atoms with Crippen LogP contribution in [0.25, 0.3) is 0 Å². The molecule has 0 spiro atoms. The highest BCUT2D eigenvalue weighted by Crippen LogP contribution is 2.28. The van der Waals surface area contributed by atoms with Crippen molar-refractivity contribution in [1.29, 1.82) is 0 Å². The molecule has 0 unspecified atom stereocenters. The molecule has 0 radical (unpaired) electrons. The minimum atomic E-state index is -0.870. The third-order valence-corrected chi connectivity index (χ3v) is 4.49. The summed E-state index contributed by atoms with van der Waals surface area (Å²) in [7, 11) is 0. The Labute approximate surface area is 197 Å². The maximum absolute atomic E-state index is 12.2. The first-order valence-electron chi connectivity index (χ1n) is 10.3. The number of rotatable bonds is 9. The van der Waals surface area contributed by atoms with Gasteiger partial charge in [0.2, 0.25) is 0 Å². The molecule has 2 aromatic carbocycles. The Balaban J connectivity index is 1.98. The number of hydrogen-bond acceptors (Lipinski definition) is 6. The van der Waals surface area contributed by atoms with E-state index in [0.29, 0.717) is 34.4 Å². The maximum Gasteiger partial charge on any atom is 0.329 e. The summed E-state index contributed by atoms with van der Waals surface area (Å²) in [5.74, 6) is -1.23. The molecule has 0 saturated carbocycles. The lowest BCUT2D eigenvalue weighted by Gasteiger charge is -2.13. The maximum atomic E-state index is 12.2. The number of amides is 3. The van der Waals surface area contributed by atoms with Crippen molar-refractivity contribution in [3.63, 3.8) is 0 Å². The second-order valence-corrected chi connectivity index (χ2v) is 7.67. The zero-order valence-corrected chi connectivity index (χ0v) is 19.7. The van der Waals surface area contributed by atoms with Gasteiger partial charge in [-0.3, -0.25) is 14.4 Å². The van der Waals surface area contributed by atoms with E-state index in [-0.39, 0.29) is 18.6 Å². The molecule has 0 aliphatic heterocycles. The molecule has 0 atom stereocenters. The molecule has 9 nitrogen and oxygen atoms in total. The van der Waals surface area contributed by atoms with Gasteiger partial charge in [-0.2, -0.15) is 5.10 Å². The molecule has 0 bridgehead atoms. The number of hydrogen-bond donors (Lipinski definition) is 3. The van der Waals surface area contributed by atoms with Crippen LogP contribution in [0.1, 0.15) is 31.9 Å². The summed E-state index contributed by atoms with van der Waals surface area (Å²) in [5, 5.41) is 9.52. The van der Waals surface area contributed by atoms with Crippen molar-refractivity contribution in [2.24, 2.45) is 5.10 Å². The Kier molecular flexibility index (Phi) is 9.68. The van der Waals surface area contributed by atoms with Crippen LogP contribution in [0.3, 0.4) is 0 Å². The van der Waals surface area contributed by atoms with Gasteiger partial charge in [-0.1, -0.05) is 17.7 Å². The highest BCUT2D eigenvalue weighted by Gasteiger charge is 2.13. The lowest BCUT2D eigenvalue weighted by molar-refractivity contribution is -0.139. The summed E-state index contributed by atoms with van der Waals surface area (Å²) >= 11 is 6.08. The van der Waals surface area contributed by atoms with Crippen molar-refractivity contribution in [2.75, 3.05) is 18.5 Å². The minimum absolute atomic E-state index is 0.162. The number of carbonyl (C=O) groups is 3. The predicted octanol–water partition coefficient (Wildman–Crippen LogP) is 3.04. The number of nitrogens with one attached hydrogen (secondary N) is 3. The number of benzene rings is 2. The third-order valence-electron chi connectivity index (χ3n) is 4.09. The molecule has 0 fully saturated rings. The van der Waals surface area contributed by atoms with Crippen LogP contribution in [0.2, 0.25) is 5.02 Å². The zero-order chi connectivity index (χ0) is 24.4. The summed E-state index contributed by atoms with van der Waals surface area (Å²) in [4.78, 5) is 35.5. The second kappa shape index (κ2) is 12.4. The van der Waals surface area contributed by atoms with Crippen LogP contribution in [0.5, 0.6) is 11.5 Å². The van der Waals surface area contributed by atoms with Crippen LogP contribution in [-0.2, 0) is 14.4 Å². The quantitative estimate of drug-likeness (QED) is 0.293. The largest absolute Gasteiger partial charge is 0.490 e. The van der Waals surface area contributed by atoms with E-state index in [9.17, 15) is 14.4 Å². The van der Waals surface area contributed by atoms with Gasteiger partial charge < -0.3 is 20.1 Å². The number of hydrazone groups is 1. The van der Waals surface area contributed by atoms with Crippen LogP contribution < -0.4 is 25.5 Å². The minimum Gasteiger partial charge on any atom is -0.490 e. The SMILES string of the molecule is CCOc1cc(/C=N\NC(=O)C(=O)NC(C)C)ccc1OCC(=O)Nc1ccc(C)c(Cl)c1. The summed E-state index contributed by atoms with van der Waals surface area (Å²) in [6, 6.07) is 10.00. The second-order valence-electron chi connectivity index (χ2n) is 7.27. The highest BCUT2D eigenvalue weighted by atomic mass is 35.5. The molecule has 0 aliphatic rings. The van der Waals surface area contributed by atoms with Crippen LogP contribution in [0.15, 0.2) is 41.5 Å². The van der Waals surface area contributed by atoms with Crippen molar-refractivity contribution < 1.29 is 23.9 Å². The Hall–Kier alpha value is -3.59. The van der Waals surface area contributed by atoms with Crippen LogP contribution in [-0.4, -0.2) is 43.2 Å². The number of nitrogens with zero attached hydrogens (tertiary/aromatic N) is 1. The number of anilines is 1. The topological polar surface area (TPSA) is 118 Å². The van der Waals surface area contributed by atoms with Gasteiger partial charge in [-0.15, -0.1) is 0 Å². The number of aryl methyl sites for hydroxylation is 1. The molecule has 0 saturated heterocycles. The zero-order valence-electron chi connectivity index (χ0n) is 18.9. The summed E-state index contributed by atoms with van der Waals surface area (Å²) in [6.07, 6.45) is 1.36. The summed E-state index contributed by atoms with van der Waals surface area (Å²) < 4.78 is 11.2. The normalized spacial score (nSPS) is 10.7. The number of carbonyl (C=O) groups excluding carboxylic acids is 3. The van der Waals surface area contributed by atoms with Gasteiger partial charge in [-0.05, 0) is 69.2 Å². The highest BCUT2D eigenvalue weighted by molar-refractivity contribution is 6.35. The van der Waals surface area contributed by atoms with E-state index in [1.165, 1.54) is 6.21 Å². The Bertz CT molecular complexity index is 1040. The molecule has 176 valence electrons. The number of ether oxygens (including phenoxy) is 2. The van der Waals surface area contributed by atoms with Gasteiger partial charge in [0, 0.05) is 16.8 Å². The van der Waals surface area contributed by atoms with Crippen LogP contribution in [0.4, 0.5) is 5.69 Å². The lowest BCUT2D eigenvalue weighted by Crippen LogP contribution is -2.41. The van der Waals surface area contributed by atoms with E-state index in [4.69, 9.17) is 21.1 Å². The fourth-order valence-corrected chi connectivity index (χ4v) is 2.73. The van der Waals surface area contributed by atoms with Gasteiger partial charge in [0.05, 0.1) is 12.8 Å². The van der Waals surface area contributed by atoms with Crippen LogP contribution >= 0.6 is 11.6 Å².